The number of amides is 1. The van der Waals surface area contributed by atoms with Crippen LogP contribution in [0.25, 0.3) is 0 Å². The number of ether oxygens (including phenoxy) is 1. The number of methoxy groups -OCH3 is 1. The van der Waals surface area contributed by atoms with Crippen LogP contribution in [0.15, 0.2) is 41.1 Å². The van der Waals surface area contributed by atoms with E-state index >= 15 is 0 Å². The topological polar surface area (TPSA) is 67.3 Å². The molecule has 0 radical (unpaired) electrons. The molecule has 1 aliphatic carbocycles. The lowest BCUT2D eigenvalue weighted by molar-refractivity contribution is 0.102. The van der Waals surface area contributed by atoms with E-state index in [0.29, 0.717) is 16.7 Å². The van der Waals surface area contributed by atoms with Crippen LogP contribution in [0.4, 0.5) is 5.69 Å². The second-order valence-electron chi connectivity index (χ2n) is 6.45. The van der Waals surface area contributed by atoms with Gasteiger partial charge in [-0.2, -0.15) is 11.3 Å². The van der Waals surface area contributed by atoms with Gasteiger partial charge in [0.15, 0.2) is 0 Å². The molecule has 1 saturated carbocycles. The summed E-state index contributed by atoms with van der Waals surface area (Å²) in [4.78, 5) is 14.8. The summed E-state index contributed by atoms with van der Waals surface area (Å²) < 4.78 is 5.12. The molecule has 6 nitrogen and oxygen atoms in total. The van der Waals surface area contributed by atoms with Crippen molar-refractivity contribution in [3.8, 4) is 5.75 Å². The summed E-state index contributed by atoms with van der Waals surface area (Å²) in [5.41, 5.74) is 2.03. The first-order valence-corrected chi connectivity index (χ1v) is 10.5. The zero-order chi connectivity index (χ0) is 18.6. The Bertz CT molecular complexity index is 889. The number of nitrogens with zero attached hydrogens (tertiary/aromatic N) is 3. The Morgan fingerprint density at radius 2 is 2.04 bits per heavy atom. The molecule has 0 unspecified atom stereocenters. The number of nitrogens with one attached hydrogen (secondary N) is 1. The minimum Gasteiger partial charge on any atom is -0.497 e. The number of aromatic nitrogens is 2. The number of carbonyl (C=O) groups is 1. The van der Waals surface area contributed by atoms with E-state index < -0.39 is 0 Å². The SMILES string of the molecule is COc1ccc(NC(=O)c2nnc(CN(Cc3ccsc3)C3CC3)s2)cc1. The molecular formula is C19H20N4O2S2. The van der Waals surface area contributed by atoms with Crippen LogP contribution < -0.4 is 10.1 Å². The quantitative estimate of drug-likeness (QED) is 0.618. The van der Waals surface area contributed by atoms with Crippen molar-refractivity contribution in [2.24, 2.45) is 0 Å². The summed E-state index contributed by atoms with van der Waals surface area (Å²) in [5.74, 6) is 0.511. The van der Waals surface area contributed by atoms with Crippen LogP contribution in [0.5, 0.6) is 5.75 Å². The van der Waals surface area contributed by atoms with Gasteiger partial charge in [-0.15, -0.1) is 10.2 Å². The van der Waals surface area contributed by atoms with Crippen molar-refractivity contribution in [2.75, 3.05) is 12.4 Å². The van der Waals surface area contributed by atoms with Crippen LogP contribution in [0.1, 0.15) is 33.2 Å². The fourth-order valence-electron chi connectivity index (χ4n) is 2.81. The summed E-state index contributed by atoms with van der Waals surface area (Å²) in [5, 5.41) is 16.7. The highest BCUT2D eigenvalue weighted by molar-refractivity contribution is 7.13. The Hall–Kier alpha value is -2.29. The van der Waals surface area contributed by atoms with E-state index in [-0.39, 0.29) is 5.91 Å². The molecule has 3 aromatic rings. The van der Waals surface area contributed by atoms with Crippen molar-refractivity contribution >= 4 is 34.3 Å². The van der Waals surface area contributed by atoms with E-state index in [4.69, 9.17) is 4.74 Å². The Morgan fingerprint density at radius 1 is 1.22 bits per heavy atom. The van der Waals surface area contributed by atoms with Gasteiger partial charge in [0, 0.05) is 18.3 Å². The third-order valence-electron chi connectivity index (χ3n) is 4.38. The first-order chi connectivity index (χ1) is 13.2. The van der Waals surface area contributed by atoms with E-state index in [9.17, 15) is 4.79 Å². The molecule has 8 heteroatoms. The third kappa shape index (κ3) is 4.71. The van der Waals surface area contributed by atoms with Gasteiger partial charge in [0.25, 0.3) is 5.91 Å². The van der Waals surface area contributed by atoms with E-state index in [2.05, 4.69) is 37.2 Å². The molecule has 1 N–H and O–H groups in total. The second kappa shape index (κ2) is 8.16. The normalized spacial score (nSPS) is 13.7. The van der Waals surface area contributed by atoms with Crippen LogP contribution in [-0.4, -0.2) is 34.2 Å². The molecule has 4 rings (SSSR count). The maximum Gasteiger partial charge on any atom is 0.286 e. The molecule has 0 spiro atoms. The molecule has 1 fully saturated rings. The van der Waals surface area contributed by atoms with Crippen molar-refractivity contribution in [2.45, 2.75) is 32.0 Å². The smallest absolute Gasteiger partial charge is 0.286 e. The number of hydrogen-bond acceptors (Lipinski definition) is 7. The molecule has 27 heavy (non-hydrogen) atoms. The number of thiophene rings is 1. The lowest BCUT2D eigenvalue weighted by Crippen LogP contribution is -2.24. The van der Waals surface area contributed by atoms with Gasteiger partial charge in [0.05, 0.1) is 13.7 Å². The van der Waals surface area contributed by atoms with Crippen LogP contribution >= 0.6 is 22.7 Å². The predicted octanol–water partition coefficient (Wildman–Crippen LogP) is 4.03. The Labute approximate surface area is 165 Å². The molecule has 140 valence electrons. The molecule has 0 bridgehead atoms. The number of benzene rings is 1. The van der Waals surface area contributed by atoms with Crippen molar-refractivity contribution in [3.05, 3.63) is 56.7 Å². The van der Waals surface area contributed by atoms with Gasteiger partial charge in [-0.1, -0.05) is 11.3 Å². The predicted molar refractivity (Wildman–Crippen MR) is 107 cm³/mol. The van der Waals surface area contributed by atoms with Gasteiger partial charge in [-0.3, -0.25) is 9.69 Å². The van der Waals surface area contributed by atoms with Crippen molar-refractivity contribution in [1.82, 2.24) is 15.1 Å². The highest BCUT2D eigenvalue weighted by atomic mass is 32.1. The third-order valence-corrected chi connectivity index (χ3v) is 6.02. The van der Waals surface area contributed by atoms with Crippen LogP contribution in [0.2, 0.25) is 0 Å². The van der Waals surface area contributed by atoms with Gasteiger partial charge < -0.3 is 10.1 Å². The minimum absolute atomic E-state index is 0.236. The van der Waals surface area contributed by atoms with Crippen LogP contribution in [-0.2, 0) is 13.1 Å². The molecule has 2 aromatic heterocycles. The number of hydrogen-bond donors (Lipinski definition) is 1. The average Bonchev–Trinajstić information content (AvgIpc) is 3.20. The zero-order valence-corrected chi connectivity index (χ0v) is 16.6. The van der Waals surface area contributed by atoms with Gasteiger partial charge in [0.2, 0.25) is 5.01 Å². The maximum atomic E-state index is 12.4. The largest absolute Gasteiger partial charge is 0.497 e. The zero-order valence-electron chi connectivity index (χ0n) is 14.9. The molecule has 0 saturated heterocycles. The number of carbonyl (C=O) groups excluding carboxylic acids is 1. The fourth-order valence-corrected chi connectivity index (χ4v) is 4.23. The van der Waals surface area contributed by atoms with Crippen molar-refractivity contribution < 1.29 is 9.53 Å². The van der Waals surface area contributed by atoms with Gasteiger partial charge in [-0.25, -0.2) is 0 Å². The van der Waals surface area contributed by atoms with Crippen molar-refractivity contribution in [1.29, 1.82) is 0 Å². The average molecular weight is 401 g/mol. The summed E-state index contributed by atoms with van der Waals surface area (Å²) in [6.45, 7) is 1.65. The lowest BCUT2D eigenvalue weighted by Gasteiger charge is -2.19. The van der Waals surface area contributed by atoms with Crippen molar-refractivity contribution in [3.63, 3.8) is 0 Å². The maximum absolute atomic E-state index is 12.4. The Balaban J connectivity index is 1.38. The monoisotopic (exact) mass is 400 g/mol. The standard InChI is InChI=1S/C19H20N4O2S2/c1-25-16-6-2-14(3-7-16)20-18(24)19-22-21-17(27-19)11-23(15-4-5-15)10-13-8-9-26-12-13/h2-3,6-9,12,15H,4-5,10-11H2,1H3,(H,20,24). The van der Waals surface area contributed by atoms with Crippen LogP contribution in [0.3, 0.4) is 0 Å². The summed E-state index contributed by atoms with van der Waals surface area (Å²) in [6, 6.07) is 9.99. The molecule has 1 amide bonds. The number of anilines is 1. The number of rotatable bonds is 8. The molecule has 1 aromatic carbocycles. The van der Waals surface area contributed by atoms with E-state index in [1.807, 2.05) is 0 Å². The highest BCUT2D eigenvalue weighted by Crippen LogP contribution is 2.30. The van der Waals surface area contributed by atoms with E-state index in [1.165, 1.54) is 29.7 Å². The fraction of sp³-hybridized carbons (Fsp3) is 0.316. The lowest BCUT2D eigenvalue weighted by atomic mass is 10.3. The van der Waals surface area contributed by atoms with E-state index in [0.717, 1.165) is 23.8 Å². The second-order valence-corrected chi connectivity index (χ2v) is 8.29. The van der Waals surface area contributed by atoms with Gasteiger partial charge in [-0.05, 0) is 59.5 Å². The van der Waals surface area contributed by atoms with Gasteiger partial charge in [0.1, 0.15) is 10.8 Å². The first-order valence-electron chi connectivity index (χ1n) is 8.74. The first kappa shape index (κ1) is 18.1. The highest BCUT2D eigenvalue weighted by Gasteiger charge is 2.30. The molecule has 0 atom stereocenters. The summed E-state index contributed by atoms with van der Waals surface area (Å²) in [7, 11) is 1.61. The molecule has 1 aliphatic rings. The Kier molecular flexibility index (Phi) is 5.47. The Morgan fingerprint density at radius 3 is 2.70 bits per heavy atom. The summed E-state index contributed by atoms with van der Waals surface area (Å²) >= 11 is 3.07. The minimum atomic E-state index is -0.236. The van der Waals surface area contributed by atoms with E-state index in [1.54, 1.807) is 42.7 Å². The van der Waals surface area contributed by atoms with Crippen LogP contribution in [0, 0.1) is 0 Å². The molecule has 2 heterocycles. The summed E-state index contributed by atoms with van der Waals surface area (Å²) in [6.07, 6.45) is 2.46. The van der Waals surface area contributed by atoms with Gasteiger partial charge >= 0.3 is 0 Å². The molecule has 0 aliphatic heterocycles. The molecular weight excluding hydrogens is 380 g/mol.